The molecule has 2 N–H and O–H groups in total. The molecule has 0 bridgehead atoms. The van der Waals surface area contributed by atoms with Crippen LogP contribution >= 0.6 is 23.2 Å². The fourth-order valence-corrected chi connectivity index (χ4v) is 6.87. The molecule has 0 radical (unpaired) electrons. The second kappa shape index (κ2) is 17.9. The molecule has 0 aliphatic heterocycles. The molecule has 4 rings (SSSR count). The first kappa shape index (κ1) is 46.4. The standard InChI is InChI=1S/C21H16Cl2N6O13S4.3Na/c22-19-25-20(23)27-21(26-19)24-13-5-6-14(44(33,34)35)12-9-15(45(36,37)38)17(18(30)16(12)13)29-28-10-1-3-11(4-2-10)43(31,32)8-7-42-46(39,40)41;;;/h1-6,9,30H,7-8H2,(H,33,34,35)(H,36,37,38)(H,39,40,41)(H,24,25,26,27);;;/q;3*+1/p-3. The van der Waals surface area contributed by atoms with E-state index in [0.717, 1.165) is 36.4 Å². The number of anilines is 2. The van der Waals surface area contributed by atoms with E-state index < -0.39 is 95.4 Å². The van der Waals surface area contributed by atoms with Gasteiger partial charge in [0, 0.05) is 16.5 Å². The fraction of sp³-hybridized carbons (Fsp3) is 0.0952. The Kier molecular flexibility index (Phi) is 17.0. The number of hydrogen-bond donors (Lipinski definition) is 2. The Morgan fingerprint density at radius 3 is 1.86 bits per heavy atom. The van der Waals surface area contributed by atoms with E-state index in [9.17, 15) is 47.9 Å². The molecule has 246 valence electrons. The molecule has 0 saturated carbocycles. The predicted octanol–water partition coefficient (Wildman–Crippen LogP) is -7.02. The number of hydrogen-bond acceptors (Lipinski definition) is 18. The van der Waals surface area contributed by atoms with Crippen molar-refractivity contribution in [2.24, 2.45) is 10.2 Å². The Morgan fingerprint density at radius 1 is 0.796 bits per heavy atom. The number of aromatic nitrogens is 3. The summed E-state index contributed by atoms with van der Waals surface area (Å²) in [5, 5.41) is 21.1. The summed E-state index contributed by atoms with van der Waals surface area (Å²) in [7, 11) is -20.0. The molecule has 0 unspecified atom stereocenters. The summed E-state index contributed by atoms with van der Waals surface area (Å²) in [6, 6.07) is 6.16. The van der Waals surface area contributed by atoms with Crippen LogP contribution in [0, 0.1) is 0 Å². The van der Waals surface area contributed by atoms with Crippen LogP contribution in [0.3, 0.4) is 0 Å². The van der Waals surface area contributed by atoms with Gasteiger partial charge in [-0.2, -0.15) is 28.5 Å². The summed E-state index contributed by atoms with van der Waals surface area (Å²) in [6.45, 7) is -0.900. The number of nitrogens with one attached hydrogen (secondary N) is 1. The number of nitrogens with zero attached hydrogens (tertiary/aromatic N) is 5. The Morgan fingerprint density at radius 2 is 1.35 bits per heavy atom. The minimum atomic E-state index is -5.58. The van der Waals surface area contributed by atoms with Gasteiger partial charge < -0.3 is 19.5 Å². The average Bonchev–Trinajstić information content (AvgIpc) is 2.90. The first-order valence-corrected chi connectivity index (χ1v) is 18.2. The molecular formula is C21H13Cl2N6Na3O13S4. The third-order valence-electron chi connectivity index (χ3n) is 5.57. The van der Waals surface area contributed by atoms with Gasteiger partial charge in [-0.05, 0) is 65.7 Å². The summed E-state index contributed by atoms with van der Waals surface area (Å²) in [6.07, 6.45) is 0. The Hall–Kier alpha value is -0.650. The van der Waals surface area contributed by atoms with Gasteiger partial charge in [-0.1, -0.05) is 5.75 Å². The SMILES string of the molecule is O=S(=O)(O)OCCS(=O)(=O)c1ccc(N=Nc2c(S(=O)(=O)[O-])cc3c(S(=O)(=O)[O-])ccc(Nc4nc(Cl)nc(Cl)n4)c3c2[O-])cc1.[Na+].[Na+].[Na+]. The van der Waals surface area contributed by atoms with Crippen molar-refractivity contribution in [1.82, 2.24) is 15.0 Å². The molecule has 0 saturated heterocycles. The molecule has 0 aliphatic rings. The first-order chi connectivity index (χ1) is 21.2. The predicted molar refractivity (Wildman–Crippen MR) is 153 cm³/mol. The van der Waals surface area contributed by atoms with Crippen LogP contribution in [0.15, 0.2) is 67.4 Å². The van der Waals surface area contributed by atoms with Gasteiger partial charge in [-0.15, -0.1) is 5.11 Å². The summed E-state index contributed by atoms with van der Waals surface area (Å²) >= 11 is 11.5. The van der Waals surface area contributed by atoms with E-state index >= 15 is 0 Å². The zero-order valence-corrected chi connectivity index (χ0v) is 35.7. The van der Waals surface area contributed by atoms with Gasteiger partial charge in [0.25, 0.3) is 0 Å². The van der Waals surface area contributed by atoms with Crippen molar-refractivity contribution in [3.63, 3.8) is 0 Å². The molecule has 1 heterocycles. The van der Waals surface area contributed by atoms with Crippen LogP contribution in [0.5, 0.6) is 5.75 Å². The molecule has 0 aliphatic carbocycles. The van der Waals surface area contributed by atoms with Crippen LogP contribution in [0.2, 0.25) is 10.6 Å². The van der Waals surface area contributed by atoms with Crippen molar-refractivity contribution in [3.8, 4) is 5.75 Å². The van der Waals surface area contributed by atoms with Gasteiger partial charge >= 0.3 is 99.1 Å². The maximum absolute atomic E-state index is 13.6. The minimum absolute atomic E-state index is 0. The second-order valence-corrected chi connectivity index (χ2v) is 15.2. The molecular weight excluding hydrogens is 812 g/mol. The minimum Gasteiger partial charge on any atom is -0.870 e. The van der Waals surface area contributed by atoms with Crippen LogP contribution < -0.4 is 99.1 Å². The van der Waals surface area contributed by atoms with E-state index in [1.165, 1.54) is 0 Å². The maximum atomic E-state index is 13.6. The maximum Gasteiger partial charge on any atom is 1.00 e. The number of fused-ring (bicyclic) bond motifs is 1. The largest absolute Gasteiger partial charge is 1.00 e. The summed E-state index contributed by atoms with van der Waals surface area (Å²) in [5.74, 6) is -2.62. The molecule has 0 spiro atoms. The van der Waals surface area contributed by atoms with Gasteiger partial charge in [0.15, 0.2) is 9.84 Å². The molecule has 3 aromatic carbocycles. The van der Waals surface area contributed by atoms with E-state index in [2.05, 4.69) is 34.7 Å². The zero-order valence-electron chi connectivity index (χ0n) is 24.9. The number of halogens is 2. The van der Waals surface area contributed by atoms with E-state index in [0.29, 0.717) is 6.07 Å². The normalized spacial score (nSPS) is 12.2. The topological polar surface area (TPSA) is 311 Å². The smallest absolute Gasteiger partial charge is 0.870 e. The molecule has 0 atom stereocenters. The van der Waals surface area contributed by atoms with Gasteiger partial charge in [0.05, 0.1) is 38.4 Å². The molecule has 4 aromatic rings. The quantitative estimate of drug-likeness (QED) is 0.0806. The van der Waals surface area contributed by atoms with Gasteiger partial charge in [-0.3, -0.25) is 4.55 Å². The zero-order chi connectivity index (χ0) is 34.2. The number of sulfone groups is 1. The van der Waals surface area contributed by atoms with Crippen molar-refractivity contribution in [2.75, 3.05) is 17.7 Å². The van der Waals surface area contributed by atoms with E-state index in [1.54, 1.807) is 0 Å². The Bertz CT molecular complexity index is 2340. The van der Waals surface area contributed by atoms with Crippen LogP contribution in [-0.4, -0.2) is 74.6 Å². The summed E-state index contributed by atoms with van der Waals surface area (Å²) < 4.78 is 131. The van der Waals surface area contributed by atoms with E-state index in [1.807, 2.05) is 0 Å². The van der Waals surface area contributed by atoms with Gasteiger partial charge in [0.2, 0.25) is 16.5 Å². The van der Waals surface area contributed by atoms with Crippen LogP contribution in [-0.2, 0) is 44.7 Å². The van der Waals surface area contributed by atoms with E-state index in [-0.39, 0.29) is 111 Å². The molecule has 1 aromatic heterocycles. The fourth-order valence-electron chi connectivity index (χ4n) is 3.72. The summed E-state index contributed by atoms with van der Waals surface area (Å²) in [5.41, 5.74) is -1.62. The van der Waals surface area contributed by atoms with Crippen LogP contribution in [0.25, 0.3) is 10.8 Å². The molecule has 49 heavy (non-hydrogen) atoms. The molecule has 19 nitrogen and oxygen atoms in total. The van der Waals surface area contributed by atoms with Crippen molar-refractivity contribution in [1.29, 1.82) is 0 Å². The Labute approximate surface area is 354 Å². The monoisotopic (exact) mass is 824 g/mol. The van der Waals surface area contributed by atoms with Crippen molar-refractivity contribution in [3.05, 3.63) is 53.0 Å². The summed E-state index contributed by atoms with van der Waals surface area (Å²) in [4.78, 5) is 8.23. The molecule has 0 fully saturated rings. The molecule has 0 amide bonds. The van der Waals surface area contributed by atoms with Crippen molar-refractivity contribution < 1.29 is 145 Å². The Balaban J connectivity index is 0.00000400. The third-order valence-corrected chi connectivity index (χ3v) is 9.81. The van der Waals surface area contributed by atoms with Crippen molar-refractivity contribution >= 4 is 97.5 Å². The third kappa shape index (κ3) is 12.2. The molecule has 28 heteroatoms. The van der Waals surface area contributed by atoms with Gasteiger partial charge in [-0.25, -0.2) is 29.4 Å². The second-order valence-electron chi connectivity index (χ2n) is 8.58. The first-order valence-electron chi connectivity index (χ1n) is 11.6. The average molecular weight is 826 g/mol. The number of rotatable bonds is 11. The van der Waals surface area contributed by atoms with E-state index in [4.69, 9.17) is 27.8 Å². The van der Waals surface area contributed by atoms with Crippen LogP contribution in [0.1, 0.15) is 0 Å². The van der Waals surface area contributed by atoms with Crippen molar-refractivity contribution in [2.45, 2.75) is 14.7 Å². The van der Waals surface area contributed by atoms with Crippen LogP contribution in [0.4, 0.5) is 23.0 Å². The number of benzene rings is 3. The number of azo groups is 1. The van der Waals surface area contributed by atoms with Gasteiger partial charge in [0.1, 0.15) is 20.2 Å².